The van der Waals surface area contributed by atoms with Gasteiger partial charge in [-0.25, -0.2) is 15.9 Å². The third-order valence-electron chi connectivity index (χ3n) is 1.29. The maximum atomic E-state index is 12.2. The molecule has 0 saturated carbocycles. The van der Waals surface area contributed by atoms with Crippen molar-refractivity contribution < 1.29 is 32.5 Å². The van der Waals surface area contributed by atoms with E-state index >= 15 is 0 Å². The van der Waals surface area contributed by atoms with Crippen LogP contribution in [0.25, 0.3) is 0 Å². The Kier molecular flexibility index (Phi) is 12.2. The average Bonchev–Trinajstić information content (AvgIpc) is 2.00. The molecule has 0 N–H and O–H groups in total. The molecule has 0 aliphatic heterocycles. The molecule has 0 aromatic rings. The average molecular weight is 260 g/mol. The molecule has 0 aliphatic rings. The van der Waals surface area contributed by atoms with Crippen LogP contribution in [0.5, 0.6) is 0 Å². The van der Waals surface area contributed by atoms with Crippen LogP contribution in [0.1, 0.15) is 47.5 Å². The summed E-state index contributed by atoms with van der Waals surface area (Å²) in [6.07, 6.45) is 1.78. The second-order valence-electron chi connectivity index (χ2n) is 3.82. The summed E-state index contributed by atoms with van der Waals surface area (Å²) in [5.41, 5.74) is 0. The number of rotatable bonds is 8. The monoisotopic (exact) mass is 260 g/mol. The largest absolute Gasteiger partial charge is 1.00 e. The zero-order valence-electron chi connectivity index (χ0n) is 11.2. The summed E-state index contributed by atoms with van der Waals surface area (Å²) < 4.78 is 22.9. The molecule has 0 aromatic carbocycles. The van der Waals surface area contributed by atoms with E-state index in [0.717, 1.165) is 12.8 Å². The van der Waals surface area contributed by atoms with Gasteiger partial charge in [-0.2, -0.15) is 6.42 Å². The van der Waals surface area contributed by atoms with Gasteiger partial charge in [0, 0.05) is 0 Å². The van der Waals surface area contributed by atoms with Gasteiger partial charge in [-0.1, -0.05) is 13.3 Å². The summed E-state index contributed by atoms with van der Waals surface area (Å²) in [4.78, 5) is 0. The molecule has 0 amide bonds. The van der Waals surface area contributed by atoms with Crippen molar-refractivity contribution in [2.75, 3.05) is 0 Å². The molecule has 0 spiro atoms. The van der Waals surface area contributed by atoms with E-state index in [1.807, 2.05) is 33.4 Å². The fraction of sp³-hybridized carbons (Fsp3) is 0.900. The van der Waals surface area contributed by atoms with Gasteiger partial charge in [0.15, 0.2) is 0 Å². The van der Waals surface area contributed by atoms with E-state index in [0.29, 0.717) is 0 Å². The fourth-order valence-electron chi connectivity index (χ4n) is 0.853. The van der Waals surface area contributed by atoms with Gasteiger partial charge in [-0.15, -0.1) is 0 Å². The molecule has 0 atom stereocenters. The quantitative estimate of drug-likeness (QED) is 0.288. The van der Waals surface area contributed by atoms with E-state index < -0.39 is 6.80 Å². The van der Waals surface area contributed by atoms with E-state index in [1.165, 1.54) is 11.4 Å². The van der Waals surface area contributed by atoms with E-state index in [9.17, 15) is 4.57 Å². The second kappa shape index (κ2) is 10.1. The third kappa shape index (κ3) is 10.3. The molecule has 6 heteroatoms. The minimum absolute atomic E-state index is 0. The van der Waals surface area contributed by atoms with Crippen LogP contribution in [0.4, 0.5) is 0 Å². The molecule has 0 fully saturated rings. The summed E-state index contributed by atoms with van der Waals surface area (Å²) in [5, 5.41) is 0. The molecule has 92 valence electrons. The summed E-state index contributed by atoms with van der Waals surface area (Å²) in [6.45, 7) is 6.51. The Hall–Kier alpha value is 1.10. The SMILES string of the molecule is CCC[CH-]SP(=O)(OC(C)C)OC(C)C.[Li+]. The molecule has 0 saturated heterocycles. The van der Waals surface area contributed by atoms with E-state index in [2.05, 4.69) is 6.92 Å². The number of hydrogen-bond acceptors (Lipinski definition) is 4. The summed E-state index contributed by atoms with van der Waals surface area (Å²) in [5.74, 6) is 1.91. The van der Waals surface area contributed by atoms with Gasteiger partial charge < -0.3 is 0 Å². The number of hydrogen-bond donors (Lipinski definition) is 0. The molecular formula is C10H22LiO3PS. The Bertz CT molecular complexity index is 198. The van der Waals surface area contributed by atoms with Crippen molar-refractivity contribution in [3.8, 4) is 0 Å². The zero-order chi connectivity index (χ0) is 11.9. The molecule has 0 unspecified atom stereocenters. The van der Waals surface area contributed by atoms with Gasteiger partial charge in [0.1, 0.15) is 0 Å². The molecule has 0 radical (unpaired) electrons. The van der Waals surface area contributed by atoms with E-state index in [-0.39, 0.29) is 31.1 Å². The van der Waals surface area contributed by atoms with Crippen LogP contribution in [-0.2, 0) is 13.6 Å². The van der Waals surface area contributed by atoms with Crippen LogP contribution in [0.3, 0.4) is 0 Å². The Balaban J connectivity index is 0. The minimum Gasteiger partial charge on any atom is -0.300 e. The van der Waals surface area contributed by atoms with Crippen molar-refractivity contribution in [2.45, 2.75) is 59.7 Å². The van der Waals surface area contributed by atoms with Gasteiger partial charge >= 0.3 is 25.7 Å². The number of unbranched alkanes of at least 4 members (excludes halogenated alkanes) is 1. The predicted octanol–water partition coefficient (Wildman–Crippen LogP) is 1.64. The zero-order valence-corrected chi connectivity index (χ0v) is 12.9. The molecule has 3 nitrogen and oxygen atoms in total. The standard InChI is InChI=1S/C10H22O3PS.Li/c1-6-7-8-15-14(11,12-9(2)3)13-10(4)5;/h8-10H,6-7H2,1-5H3;/q-1;+1. The summed E-state index contributed by atoms with van der Waals surface area (Å²) >= 11 is 1.19. The topological polar surface area (TPSA) is 35.5 Å². The maximum Gasteiger partial charge on any atom is 1.00 e. The van der Waals surface area contributed by atoms with Crippen molar-refractivity contribution in [1.29, 1.82) is 0 Å². The van der Waals surface area contributed by atoms with Gasteiger partial charge in [0.05, 0.1) is 12.2 Å². The van der Waals surface area contributed by atoms with Crippen molar-refractivity contribution in [1.82, 2.24) is 0 Å². The maximum absolute atomic E-state index is 12.2. The van der Waals surface area contributed by atoms with Crippen LogP contribution < -0.4 is 18.9 Å². The molecule has 0 rings (SSSR count). The Morgan fingerprint density at radius 1 is 1.19 bits per heavy atom. The van der Waals surface area contributed by atoms with Gasteiger partial charge in [0.25, 0.3) is 0 Å². The molecular weight excluding hydrogens is 238 g/mol. The van der Waals surface area contributed by atoms with Crippen LogP contribution in [0.2, 0.25) is 0 Å². The van der Waals surface area contributed by atoms with Crippen molar-refractivity contribution in [3.63, 3.8) is 0 Å². The van der Waals surface area contributed by atoms with E-state index in [4.69, 9.17) is 9.05 Å². The molecule has 0 aliphatic carbocycles. The van der Waals surface area contributed by atoms with Gasteiger partial charge in [-0.3, -0.25) is 14.8 Å². The van der Waals surface area contributed by atoms with Crippen LogP contribution >= 0.6 is 18.2 Å². The predicted molar refractivity (Wildman–Crippen MR) is 66.8 cm³/mol. The van der Waals surface area contributed by atoms with Gasteiger partial charge in [-0.05, 0) is 27.7 Å². The molecule has 0 heterocycles. The van der Waals surface area contributed by atoms with E-state index in [1.54, 1.807) is 0 Å². The summed E-state index contributed by atoms with van der Waals surface area (Å²) in [6, 6.07) is 0. The van der Waals surface area contributed by atoms with Crippen molar-refractivity contribution >= 4 is 18.2 Å². The normalized spacial score (nSPS) is 11.9. The van der Waals surface area contributed by atoms with Crippen LogP contribution in [0.15, 0.2) is 0 Å². The summed E-state index contributed by atoms with van der Waals surface area (Å²) in [7, 11) is 0. The Morgan fingerprint density at radius 3 is 1.94 bits per heavy atom. The first kappa shape index (κ1) is 19.4. The second-order valence-corrected chi connectivity index (χ2v) is 7.65. The Morgan fingerprint density at radius 2 is 1.62 bits per heavy atom. The first-order valence-corrected chi connectivity index (χ1v) is 8.39. The smallest absolute Gasteiger partial charge is 0.300 e. The van der Waals surface area contributed by atoms with Gasteiger partial charge in [0.2, 0.25) is 0 Å². The van der Waals surface area contributed by atoms with Crippen molar-refractivity contribution in [3.05, 3.63) is 5.75 Å². The molecule has 0 bridgehead atoms. The van der Waals surface area contributed by atoms with Crippen molar-refractivity contribution in [2.24, 2.45) is 0 Å². The third-order valence-corrected chi connectivity index (χ3v) is 5.03. The van der Waals surface area contributed by atoms with Crippen LogP contribution in [0, 0.1) is 5.75 Å². The minimum atomic E-state index is -3.00. The molecule has 16 heavy (non-hydrogen) atoms. The Labute approximate surface area is 116 Å². The first-order valence-electron chi connectivity index (χ1n) is 5.36. The first-order chi connectivity index (χ1) is 6.89. The fourth-order valence-corrected chi connectivity index (χ4v) is 4.75. The molecule has 0 aromatic heterocycles. The van der Waals surface area contributed by atoms with Crippen LogP contribution in [-0.4, -0.2) is 12.2 Å².